The van der Waals surface area contributed by atoms with E-state index in [2.05, 4.69) is 19.2 Å². The van der Waals surface area contributed by atoms with Gasteiger partial charge in [0.05, 0.1) is 0 Å². The summed E-state index contributed by atoms with van der Waals surface area (Å²) in [5.41, 5.74) is -0.578. The lowest BCUT2D eigenvalue weighted by molar-refractivity contribution is -0.156. The molecule has 2 unspecified atom stereocenters. The molecule has 2 amide bonds. The second-order valence-electron chi connectivity index (χ2n) is 5.80. The van der Waals surface area contributed by atoms with Gasteiger partial charge in [0.2, 0.25) is 11.8 Å². The summed E-state index contributed by atoms with van der Waals surface area (Å²) in [5, 5.41) is 2.99. The first-order valence-corrected chi connectivity index (χ1v) is 7.16. The van der Waals surface area contributed by atoms with E-state index in [-0.39, 0.29) is 23.9 Å². The highest BCUT2D eigenvalue weighted by molar-refractivity contribution is 6.00. The monoisotopic (exact) mass is 252 g/mol. The van der Waals surface area contributed by atoms with Crippen LogP contribution >= 0.6 is 0 Å². The third kappa shape index (κ3) is 2.02. The molecule has 1 saturated heterocycles. The highest BCUT2D eigenvalue weighted by atomic mass is 16.2. The Morgan fingerprint density at radius 1 is 1.39 bits per heavy atom. The highest BCUT2D eigenvalue weighted by Gasteiger charge is 2.51. The number of carbonyl (C=O) groups is 2. The van der Waals surface area contributed by atoms with Gasteiger partial charge in [0.15, 0.2) is 0 Å². The normalized spacial score (nSPS) is 28.6. The van der Waals surface area contributed by atoms with Gasteiger partial charge in [-0.1, -0.05) is 26.2 Å². The van der Waals surface area contributed by atoms with Crippen LogP contribution in [0.1, 0.15) is 59.3 Å². The van der Waals surface area contributed by atoms with Crippen molar-refractivity contribution in [3.8, 4) is 0 Å². The summed E-state index contributed by atoms with van der Waals surface area (Å²) in [6.07, 6.45) is 5.68. The minimum Gasteiger partial charge on any atom is -0.340 e. The van der Waals surface area contributed by atoms with E-state index in [4.69, 9.17) is 0 Å². The molecule has 4 heteroatoms. The maximum Gasteiger partial charge on any atom is 0.249 e. The second-order valence-corrected chi connectivity index (χ2v) is 5.80. The number of amides is 2. The first-order valence-electron chi connectivity index (χ1n) is 7.16. The van der Waals surface area contributed by atoms with Gasteiger partial charge in [-0.15, -0.1) is 0 Å². The zero-order valence-electron chi connectivity index (χ0n) is 11.7. The van der Waals surface area contributed by atoms with Gasteiger partial charge in [-0.3, -0.25) is 9.59 Å². The Balaban J connectivity index is 2.25. The van der Waals surface area contributed by atoms with E-state index >= 15 is 0 Å². The van der Waals surface area contributed by atoms with Crippen LogP contribution in [-0.4, -0.2) is 34.3 Å². The van der Waals surface area contributed by atoms with Crippen LogP contribution in [0.25, 0.3) is 0 Å². The molecule has 0 aromatic heterocycles. The highest BCUT2D eigenvalue weighted by Crippen LogP contribution is 2.35. The molecule has 2 fully saturated rings. The minimum atomic E-state index is -0.578. The molecule has 2 atom stereocenters. The summed E-state index contributed by atoms with van der Waals surface area (Å²) in [6.45, 7) is 6.00. The van der Waals surface area contributed by atoms with Crippen LogP contribution in [0.5, 0.6) is 0 Å². The predicted octanol–water partition coefficient (Wildman–Crippen LogP) is 1.83. The van der Waals surface area contributed by atoms with Gasteiger partial charge < -0.3 is 10.2 Å². The molecule has 1 saturated carbocycles. The van der Waals surface area contributed by atoms with Crippen LogP contribution in [0, 0.1) is 0 Å². The number of piperazine rings is 1. The van der Waals surface area contributed by atoms with Gasteiger partial charge in [-0.2, -0.15) is 0 Å². The topological polar surface area (TPSA) is 49.4 Å². The van der Waals surface area contributed by atoms with Gasteiger partial charge in [-0.05, 0) is 33.1 Å². The molecular formula is C14H24N2O2. The maximum atomic E-state index is 12.7. The van der Waals surface area contributed by atoms with Crippen molar-refractivity contribution < 1.29 is 9.59 Å². The Morgan fingerprint density at radius 3 is 2.56 bits per heavy atom. The van der Waals surface area contributed by atoms with Crippen molar-refractivity contribution in [2.45, 2.75) is 76.9 Å². The molecule has 2 aliphatic rings. The molecule has 1 spiro atoms. The average Bonchev–Trinajstić information content (AvgIpc) is 2.77. The van der Waals surface area contributed by atoms with Crippen LogP contribution in [0.4, 0.5) is 0 Å². The zero-order chi connectivity index (χ0) is 13.3. The first kappa shape index (κ1) is 13.4. The van der Waals surface area contributed by atoms with Gasteiger partial charge in [-0.25, -0.2) is 0 Å². The van der Waals surface area contributed by atoms with Gasteiger partial charge in [0, 0.05) is 6.04 Å². The molecule has 1 N–H and O–H groups in total. The number of hydrogen-bond acceptors (Lipinski definition) is 2. The van der Waals surface area contributed by atoms with Crippen molar-refractivity contribution in [3.63, 3.8) is 0 Å². The molecule has 1 aliphatic heterocycles. The number of carbonyl (C=O) groups excluding carboxylic acids is 2. The van der Waals surface area contributed by atoms with Crippen LogP contribution < -0.4 is 5.32 Å². The number of nitrogens with one attached hydrogen (secondary N) is 1. The zero-order valence-corrected chi connectivity index (χ0v) is 11.7. The molecular weight excluding hydrogens is 228 g/mol. The fourth-order valence-corrected chi connectivity index (χ4v) is 3.40. The Morgan fingerprint density at radius 2 is 2.00 bits per heavy atom. The van der Waals surface area contributed by atoms with Crippen LogP contribution in [0.15, 0.2) is 0 Å². The predicted molar refractivity (Wildman–Crippen MR) is 70.0 cm³/mol. The van der Waals surface area contributed by atoms with Crippen molar-refractivity contribution in [3.05, 3.63) is 0 Å². The van der Waals surface area contributed by atoms with Crippen LogP contribution in [0.2, 0.25) is 0 Å². The molecule has 102 valence electrons. The second kappa shape index (κ2) is 4.90. The summed E-state index contributed by atoms with van der Waals surface area (Å²) < 4.78 is 0. The summed E-state index contributed by atoms with van der Waals surface area (Å²) >= 11 is 0. The van der Waals surface area contributed by atoms with Crippen LogP contribution in [0.3, 0.4) is 0 Å². The molecule has 4 nitrogen and oxygen atoms in total. The van der Waals surface area contributed by atoms with Crippen molar-refractivity contribution in [2.24, 2.45) is 0 Å². The Hall–Kier alpha value is -1.06. The molecule has 0 aromatic rings. The molecule has 1 aliphatic carbocycles. The number of rotatable bonds is 3. The summed E-state index contributed by atoms with van der Waals surface area (Å²) in [7, 11) is 0. The molecule has 2 rings (SSSR count). The largest absolute Gasteiger partial charge is 0.340 e. The van der Waals surface area contributed by atoms with Crippen molar-refractivity contribution in [1.82, 2.24) is 10.2 Å². The smallest absolute Gasteiger partial charge is 0.249 e. The van der Waals surface area contributed by atoms with E-state index in [0.717, 1.165) is 38.5 Å². The first-order chi connectivity index (χ1) is 8.52. The van der Waals surface area contributed by atoms with Crippen molar-refractivity contribution in [1.29, 1.82) is 0 Å². The van der Waals surface area contributed by atoms with Gasteiger partial charge >= 0.3 is 0 Å². The quantitative estimate of drug-likeness (QED) is 0.833. The molecule has 1 heterocycles. The standard InChI is InChI=1S/C14H24N2O2/c1-4-7-10(2)16-11(3)12(17)15-14(13(16)18)8-5-6-9-14/h10-11H,4-9H2,1-3H3,(H,15,17). The summed E-state index contributed by atoms with van der Waals surface area (Å²) in [6, 6.07) is -0.175. The lowest BCUT2D eigenvalue weighted by Crippen LogP contribution is -2.70. The number of nitrogens with zero attached hydrogens (tertiary/aromatic N) is 1. The average molecular weight is 252 g/mol. The summed E-state index contributed by atoms with van der Waals surface area (Å²) in [5.74, 6) is 0.160. The third-order valence-electron chi connectivity index (χ3n) is 4.44. The fourth-order valence-electron chi connectivity index (χ4n) is 3.40. The van der Waals surface area contributed by atoms with Gasteiger partial charge in [0.1, 0.15) is 11.6 Å². The molecule has 0 bridgehead atoms. The molecule has 18 heavy (non-hydrogen) atoms. The number of hydrogen-bond donors (Lipinski definition) is 1. The SMILES string of the molecule is CCCC(C)N1C(=O)C2(CCCC2)NC(=O)C1C. The van der Waals surface area contributed by atoms with Crippen LogP contribution in [-0.2, 0) is 9.59 Å². The molecule has 0 radical (unpaired) electrons. The Kier molecular flexibility index (Phi) is 3.64. The fraction of sp³-hybridized carbons (Fsp3) is 0.857. The van der Waals surface area contributed by atoms with E-state index in [1.54, 1.807) is 0 Å². The van der Waals surface area contributed by atoms with E-state index in [0.29, 0.717) is 0 Å². The summed E-state index contributed by atoms with van der Waals surface area (Å²) in [4.78, 5) is 26.7. The van der Waals surface area contributed by atoms with Crippen molar-refractivity contribution >= 4 is 11.8 Å². The van der Waals surface area contributed by atoms with E-state index in [9.17, 15) is 9.59 Å². The van der Waals surface area contributed by atoms with E-state index in [1.165, 1.54) is 0 Å². The third-order valence-corrected chi connectivity index (χ3v) is 4.44. The Bertz CT molecular complexity index is 348. The van der Waals surface area contributed by atoms with Gasteiger partial charge in [0.25, 0.3) is 0 Å². The Labute approximate surface area is 109 Å². The maximum absolute atomic E-state index is 12.7. The van der Waals surface area contributed by atoms with E-state index in [1.807, 2.05) is 11.8 Å². The van der Waals surface area contributed by atoms with E-state index < -0.39 is 5.54 Å². The lowest BCUT2D eigenvalue weighted by atomic mass is 9.89. The minimum absolute atomic E-state index is 0.0134. The lowest BCUT2D eigenvalue weighted by Gasteiger charge is -2.46. The molecule has 0 aromatic carbocycles. The van der Waals surface area contributed by atoms with Crippen molar-refractivity contribution in [2.75, 3.05) is 0 Å².